The summed E-state index contributed by atoms with van der Waals surface area (Å²) in [5.41, 5.74) is 2.99. The van der Waals surface area contributed by atoms with Crippen molar-refractivity contribution < 1.29 is 10.2 Å². The third-order valence-corrected chi connectivity index (χ3v) is 3.49. The number of phenols is 1. The van der Waals surface area contributed by atoms with Gasteiger partial charge in [0.1, 0.15) is 5.75 Å². The van der Waals surface area contributed by atoms with Gasteiger partial charge in [-0.25, -0.2) is 0 Å². The number of aliphatic hydroxyl groups is 1. The number of aliphatic hydroxyl groups excluding tert-OH is 1. The number of rotatable bonds is 5. The van der Waals surface area contributed by atoms with Gasteiger partial charge < -0.3 is 15.5 Å². The number of hydrogen-bond acceptors (Lipinski definition) is 3. The molecule has 0 aliphatic heterocycles. The fraction of sp³-hybridized carbons (Fsp3) is 0.294. The Morgan fingerprint density at radius 2 is 1.80 bits per heavy atom. The molecule has 0 radical (unpaired) electrons. The monoisotopic (exact) mass is 271 g/mol. The molecule has 3 N–H and O–H groups in total. The maximum Gasteiger partial charge on any atom is 0.120 e. The summed E-state index contributed by atoms with van der Waals surface area (Å²) < 4.78 is 0. The van der Waals surface area contributed by atoms with Crippen molar-refractivity contribution in [1.82, 2.24) is 5.32 Å². The topological polar surface area (TPSA) is 52.5 Å². The smallest absolute Gasteiger partial charge is 0.120 e. The number of phenolic OH excluding ortho intramolecular Hbond substituents is 1. The number of aromatic hydroxyl groups is 1. The SMILES string of the molecule is Cc1ccc(O)c(C(C)N[C@@H](CO)c2ccccc2)c1. The van der Waals surface area contributed by atoms with Gasteiger partial charge in [-0.05, 0) is 25.5 Å². The van der Waals surface area contributed by atoms with Crippen molar-refractivity contribution >= 4 is 0 Å². The van der Waals surface area contributed by atoms with Gasteiger partial charge in [-0.15, -0.1) is 0 Å². The number of nitrogens with one attached hydrogen (secondary N) is 1. The Balaban J connectivity index is 2.17. The van der Waals surface area contributed by atoms with E-state index >= 15 is 0 Å². The lowest BCUT2D eigenvalue weighted by molar-refractivity contribution is 0.234. The summed E-state index contributed by atoms with van der Waals surface area (Å²) in [4.78, 5) is 0. The molecule has 106 valence electrons. The summed E-state index contributed by atoms with van der Waals surface area (Å²) >= 11 is 0. The van der Waals surface area contributed by atoms with Crippen LogP contribution >= 0.6 is 0 Å². The lowest BCUT2D eigenvalue weighted by Crippen LogP contribution is -2.27. The van der Waals surface area contributed by atoms with Crippen molar-refractivity contribution in [2.45, 2.75) is 25.9 Å². The second kappa shape index (κ2) is 6.55. The number of benzene rings is 2. The molecule has 0 fully saturated rings. The minimum Gasteiger partial charge on any atom is -0.508 e. The molecule has 0 bridgehead atoms. The average Bonchev–Trinajstić information content (AvgIpc) is 2.48. The highest BCUT2D eigenvalue weighted by molar-refractivity contribution is 5.38. The fourth-order valence-electron chi connectivity index (χ4n) is 2.35. The molecule has 0 spiro atoms. The van der Waals surface area contributed by atoms with Crippen LogP contribution in [0.25, 0.3) is 0 Å². The Morgan fingerprint density at radius 1 is 1.10 bits per heavy atom. The molecule has 0 amide bonds. The maximum absolute atomic E-state index is 9.96. The number of aryl methyl sites for hydroxylation is 1. The molecule has 2 aromatic rings. The van der Waals surface area contributed by atoms with Crippen molar-refractivity contribution in [2.24, 2.45) is 0 Å². The minimum atomic E-state index is -0.147. The van der Waals surface area contributed by atoms with E-state index in [2.05, 4.69) is 5.32 Å². The lowest BCUT2D eigenvalue weighted by Gasteiger charge is -2.23. The standard InChI is InChI=1S/C17H21NO2/c1-12-8-9-17(20)15(10-12)13(2)18-16(11-19)14-6-4-3-5-7-14/h3-10,13,16,18-20H,11H2,1-2H3/t13?,16-/m0/s1. The molecule has 0 aliphatic rings. The van der Waals surface area contributed by atoms with Gasteiger partial charge in [0.05, 0.1) is 12.6 Å². The summed E-state index contributed by atoms with van der Waals surface area (Å²) in [5.74, 6) is 0.278. The van der Waals surface area contributed by atoms with Gasteiger partial charge >= 0.3 is 0 Å². The Labute approximate surface area is 119 Å². The summed E-state index contributed by atoms with van der Waals surface area (Å²) in [6, 6.07) is 15.2. The van der Waals surface area contributed by atoms with Gasteiger partial charge in [0, 0.05) is 11.6 Å². The quantitative estimate of drug-likeness (QED) is 0.783. The van der Waals surface area contributed by atoms with E-state index in [9.17, 15) is 10.2 Å². The summed E-state index contributed by atoms with van der Waals surface area (Å²) in [7, 11) is 0. The highest BCUT2D eigenvalue weighted by Crippen LogP contribution is 2.27. The van der Waals surface area contributed by atoms with E-state index in [1.165, 1.54) is 0 Å². The Morgan fingerprint density at radius 3 is 2.45 bits per heavy atom. The largest absolute Gasteiger partial charge is 0.508 e. The van der Waals surface area contributed by atoms with Crippen molar-refractivity contribution in [3.63, 3.8) is 0 Å². The highest BCUT2D eigenvalue weighted by Gasteiger charge is 2.16. The first-order valence-electron chi connectivity index (χ1n) is 6.83. The third-order valence-electron chi connectivity index (χ3n) is 3.49. The molecule has 20 heavy (non-hydrogen) atoms. The van der Waals surface area contributed by atoms with Crippen LogP contribution < -0.4 is 5.32 Å². The average molecular weight is 271 g/mol. The zero-order valence-corrected chi connectivity index (χ0v) is 11.9. The van der Waals surface area contributed by atoms with E-state index in [-0.39, 0.29) is 24.4 Å². The molecule has 2 aromatic carbocycles. The summed E-state index contributed by atoms with van der Waals surface area (Å²) in [6.07, 6.45) is 0. The van der Waals surface area contributed by atoms with Crippen LogP contribution in [0.3, 0.4) is 0 Å². The summed E-state index contributed by atoms with van der Waals surface area (Å²) in [5, 5.41) is 22.9. The van der Waals surface area contributed by atoms with Crippen LogP contribution in [0.5, 0.6) is 5.75 Å². The zero-order chi connectivity index (χ0) is 14.5. The van der Waals surface area contributed by atoms with E-state index in [1.54, 1.807) is 6.07 Å². The summed E-state index contributed by atoms with van der Waals surface area (Å²) in [6.45, 7) is 4.00. The normalized spacial score (nSPS) is 13.9. The fourth-order valence-corrected chi connectivity index (χ4v) is 2.35. The molecule has 3 heteroatoms. The van der Waals surface area contributed by atoms with Gasteiger partial charge in [-0.1, -0.05) is 48.0 Å². The van der Waals surface area contributed by atoms with E-state index in [4.69, 9.17) is 0 Å². The Kier molecular flexibility index (Phi) is 4.77. The second-order valence-electron chi connectivity index (χ2n) is 5.10. The van der Waals surface area contributed by atoms with Crippen molar-refractivity contribution in [1.29, 1.82) is 0 Å². The molecular formula is C17H21NO2. The number of hydrogen-bond donors (Lipinski definition) is 3. The van der Waals surface area contributed by atoms with Crippen LogP contribution in [0.2, 0.25) is 0 Å². The lowest BCUT2D eigenvalue weighted by atomic mass is 10.0. The molecule has 0 saturated carbocycles. The molecular weight excluding hydrogens is 250 g/mol. The molecule has 0 saturated heterocycles. The second-order valence-corrected chi connectivity index (χ2v) is 5.10. The van der Waals surface area contributed by atoms with E-state index in [0.717, 1.165) is 16.7 Å². The molecule has 2 rings (SSSR count). The molecule has 2 atom stereocenters. The van der Waals surface area contributed by atoms with Crippen molar-refractivity contribution in [2.75, 3.05) is 6.61 Å². The van der Waals surface area contributed by atoms with Gasteiger partial charge in [0.2, 0.25) is 0 Å². The minimum absolute atomic E-state index is 0.0148. The van der Waals surface area contributed by atoms with Gasteiger partial charge in [-0.3, -0.25) is 0 Å². The zero-order valence-electron chi connectivity index (χ0n) is 11.9. The van der Waals surface area contributed by atoms with Crippen LogP contribution in [-0.4, -0.2) is 16.8 Å². The van der Waals surface area contributed by atoms with E-state index in [1.807, 2.05) is 56.3 Å². The molecule has 0 heterocycles. The predicted octanol–water partition coefficient (Wildman–Crippen LogP) is 3.08. The predicted molar refractivity (Wildman–Crippen MR) is 80.7 cm³/mol. The Bertz CT molecular complexity index is 554. The molecule has 3 nitrogen and oxygen atoms in total. The first-order valence-corrected chi connectivity index (χ1v) is 6.83. The van der Waals surface area contributed by atoms with Gasteiger partial charge in [0.25, 0.3) is 0 Å². The first-order chi connectivity index (χ1) is 9.61. The molecule has 0 aliphatic carbocycles. The Hall–Kier alpha value is -1.84. The van der Waals surface area contributed by atoms with Crippen LogP contribution in [0.1, 0.15) is 35.7 Å². The van der Waals surface area contributed by atoms with E-state index in [0.29, 0.717) is 0 Å². The molecule has 0 aromatic heterocycles. The van der Waals surface area contributed by atoms with Crippen LogP contribution in [0.15, 0.2) is 48.5 Å². The third kappa shape index (κ3) is 3.38. The van der Waals surface area contributed by atoms with Crippen molar-refractivity contribution in [3.8, 4) is 5.75 Å². The first kappa shape index (κ1) is 14.6. The maximum atomic E-state index is 9.96. The van der Waals surface area contributed by atoms with E-state index < -0.39 is 0 Å². The van der Waals surface area contributed by atoms with Crippen LogP contribution in [-0.2, 0) is 0 Å². The van der Waals surface area contributed by atoms with Gasteiger partial charge in [-0.2, -0.15) is 0 Å². The van der Waals surface area contributed by atoms with Gasteiger partial charge in [0.15, 0.2) is 0 Å². The van der Waals surface area contributed by atoms with Crippen LogP contribution in [0.4, 0.5) is 0 Å². The molecule has 1 unspecified atom stereocenters. The van der Waals surface area contributed by atoms with Crippen LogP contribution in [0, 0.1) is 6.92 Å². The highest BCUT2D eigenvalue weighted by atomic mass is 16.3. The van der Waals surface area contributed by atoms with Crippen molar-refractivity contribution in [3.05, 3.63) is 65.2 Å².